The van der Waals surface area contributed by atoms with Gasteiger partial charge in [-0.05, 0) is 32.4 Å². The molecule has 114 valence electrons. The lowest BCUT2D eigenvalue weighted by Gasteiger charge is -2.22. The normalized spacial score (nSPS) is 14.4. The van der Waals surface area contributed by atoms with Gasteiger partial charge in [0.1, 0.15) is 5.84 Å². The van der Waals surface area contributed by atoms with E-state index in [-0.39, 0.29) is 5.41 Å². The predicted molar refractivity (Wildman–Crippen MR) is 80.7 cm³/mol. The van der Waals surface area contributed by atoms with Crippen molar-refractivity contribution >= 4 is 5.84 Å². The Morgan fingerprint density at radius 3 is 2.85 bits per heavy atom. The molecule has 0 aliphatic rings. The smallest absolute Gasteiger partial charge is 0.144 e. The largest absolute Gasteiger partial charge is 0.409 e. The maximum absolute atomic E-state index is 8.71. The van der Waals surface area contributed by atoms with Crippen molar-refractivity contribution in [3.63, 3.8) is 0 Å². The highest BCUT2D eigenvalue weighted by atomic mass is 16.4. The maximum atomic E-state index is 8.71. The van der Waals surface area contributed by atoms with E-state index in [0.717, 1.165) is 32.4 Å². The Labute approximate surface area is 121 Å². The van der Waals surface area contributed by atoms with Crippen LogP contribution in [0.25, 0.3) is 0 Å². The number of aromatic nitrogens is 2. The first-order chi connectivity index (χ1) is 9.45. The first-order valence-electron chi connectivity index (χ1n) is 7.14. The molecule has 0 radical (unpaired) electrons. The van der Waals surface area contributed by atoms with E-state index < -0.39 is 0 Å². The molecule has 4 N–H and O–H groups in total. The van der Waals surface area contributed by atoms with Gasteiger partial charge in [0.05, 0.1) is 6.54 Å². The summed E-state index contributed by atoms with van der Waals surface area (Å²) in [6.07, 6.45) is 6.80. The molecule has 0 aromatic carbocycles. The van der Waals surface area contributed by atoms with Crippen LogP contribution in [0.3, 0.4) is 0 Å². The molecular weight excluding hydrogens is 254 g/mol. The fourth-order valence-corrected chi connectivity index (χ4v) is 2.06. The summed E-state index contributed by atoms with van der Waals surface area (Å²) in [6, 6.07) is 2.33. The molecule has 20 heavy (non-hydrogen) atoms. The molecule has 6 nitrogen and oxygen atoms in total. The van der Waals surface area contributed by atoms with Crippen LogP contribution in [0.1, 0.15) is 40.0 Å². The molecule has 0 aliphatic carbocycles. The fourth-order valence-electron chi connectivity index (χ4n) is 2.06. The van der Waals surface area contributed by atoms with Gasteiger partial charge >= 0.3 is 0 Å². The number of rotatable bonds is 9. The van der Waals surface area contributed by atoms with Crippen molar-refractivity contribution in [2.75, 3.05) is 6.54 Å². The Hall–Kier alpha value is -1.56. The summed E-state index contributed by atoms with van der Waals surface area (Å²) >= 11 is 0. The Morgan fingerprint density at radius 1 is 1.50 bits per heavy atom. The topological polar surface area (TPSA) is 88.5 Å². The molecule has 1 aromatic rings. The molecule has 6 heteroatoms. The zero-order chi connectivity index (χ0) is 15.0. The predicted octanol–water partition coefficient (Wildman–Crippen LogP) is 1.80. The van der Waals surface area contributed by atoms with Crippen molar-refractivity contribution in [1.82, 2.24) is 15.1 Å². The van der Waals surface area contributed by atoms with Crippen LogP contribution >= 0.6 is 0 Å². The number of nitrogens with zero attached hydrogens (tertiary/aromatic N) is 3. The molecule has 1 heterocycles. The number of nitrogens with one attached hydrogen (secondary N) is 1. The monoisotopic (exact) mass is 281 g/mol. The van der Waals surface area contributed by atoms with Gasteiger partial charge in [-0.2, -0.15) is 5.10 Å². The van der Waals surface area contributed by atoms with E-state index in [1.165, 1.54) is 0 Å². The van der Waals surface area contributed by atoms with Crippen LogP contribution in [-0.2, 0) is 6.54 Å². The van der Waals surface area contributed by atoms with Crippen molar-refractivity contribution in [3.8, 4) is 0 Å². The van der Waals surface area contributed by atoms with E-state index >= 15 is 0 Å². The first-order valence-corrected chi connectivity index (χ1v) is 7.14. The van der Waals surface area contributed by atoms with E-state index in [0.29, 0.717) is 11.9 Å². The van der Waals surface area contributed by atoms with Gasteiger partial charge in [-0.25, -0.2) is 0 Å². The van der Waals surface area contributed by atoms with Crippen LogP contribution in [0, 0.1) is 5.41 Å². The number of nitrogens with two attached hydrogens (primary N) is 1. The van der Waals surface area contributed by atoms with Gasteiger partial charge in [0.25, 0.3) is 0 Å². The van der Waals surface area contributed by atoms with Crippen molar-refractivity contribution in [1.29, 1.82) is 0 Å². The molecule has 1 aromatic heterocycles. The third kappa shape index (κ3) is 5.61. The quantitative estimate of drug-likeness (QED) is 0.212. The summed E-state index contributed by atoms with van der Waals surface area (Å²) in [4.78, 5) is 0. The molecule has 0 bridgehead atoms. The minimum atomic E-state index is -0.241. The van der Waals surface area contributed by atoms with Crippen LogP contribution < -0.4 is 11.1 Å². The molecule has 0 fully saturated rings. The van der Waals surface area contributed by atoms with Gasteiger partial charge in [-0.15, -0.1) is 0 Å². The first kappa shape index (κ1) is 16.5. The lowest BCUT2D eigenvalue weighted by atomic mass is 9.86. The Bertz CT molecular complexity index is 400. The van der Waals surface area contributed by atoms with Gasteiger partial charge in [-0.1, -0.05) is 25.4 Å². The highest BCUT2D eigenvalue weighted by Gasteiger charge is 2.22. The zero-order valence-corrected chi connectivity index (χ0v) is 12.7. The van der Waals surface area contributed by atoms with Gasteiger partial charge in [0.2, 0.25) is 0 Å². The standard InChI is InChI=1S/C14H27N5O/c1-12(11-19-10-6-9-17-19)16-8-5-4-7-14(2,3)13(15)18-20/h6,9-10,12,16,20H,4-5,7-8,11H2,1-3H3,(H2,15,18). The minimum Gasteiger partial charge on any atom is -0.409 e. The highest BCUT2D eigenvalue weighted by molar-refractivity contribution is 5.85. The van der Waals surface area contributed by atoms with Crippen LogP contribution in [0.4, 0.5) is 0 Å². The lowest BCUT2D eigenvalue weighted by molar-refractivity contribution is 0.304. The second kappa shape index (κ2) is 7.89. The molecule has 0 amide bonds. The number of amidine groups is 1. The molecule has 1 atom stereocenters. The third-order valence-corrected chi connectivity index (χ3v) is 3.54. The highest BCUT2D eigenvalue weighted by Crippen LogP contribution is 2.23. The SMILES string of the molecule is CC(Cn1cccn1)NCCCCC(C)(C)/C(N)=N/O. The summed E-state index contributed by atoms with van der Waals surface area (Å²) < 4.78 is 1.93. The van der Waals surface area contributed by atoms with E-state index in [1.807, 2.05) is 30.8 Å². The molecule has 1 unspecified atom stereocenters. The van der Waals surface area contributed by atoms with Crippen molar-refractivity contribution in [3.05, 3.63) is 18.5 Å². The Balaban J connectivity index is 2.13. The van der Waals surface area contributed by atoms with Crippen LogP contribution in [0.2, 0.25) is 0 Å². The van der Waals surface area contributed by atoms with Crippen molar-refractivity contribution in [2.24, 2.45) is 16.3 Å². The van der Waals surface area contributed by atoms with Gasteiger partial charge in [-0.3, -0.25) is 4.68 Å². The summed E-state index contributed by atoms with van der Waals surface area (Å²) in [5.41, 5.74) is 5.42. The fraction of sp³-hybridized carbons (Fsp3) is 0.714. The maximum Gasteiger partial charge on any atom is 0.144 e. The van der Waals surface area contributed by atoms with Crippen molar-refractivity contribution in [2.45, 2.75) is 52.6 Å². The van der Waals surface area contributed by atoms with Crippen LogP contribution in [0.15, 0.2) is 23.6 Å². The lowest BCUT2D eigenvalue weighted by Crippen LogP contribution is -2.33. The summed E-state index contributed by atoms with van der Waals surface area (Å²) in [5, 5.41) is 19.5. The second-order valence-electron chi connectivity index (χ2n) is 5.91. The van der Waals surface area contributed by atoms with E-state index in [9.17, 15) is 0 Å². The number of oxime groups is 1. The molecule has 1 rings (SSSR count). The van der Waals surface area contributed by atoms with Gasteiger partial charge in [0.15, 0.2) is 0 Å². The molecular formula is C14H27N5O. The summed E-state index contributed by atoms with van der Waals surface area (Å²) in [6.45, 7) is 7.99. The molecule has 0 saturated heterocycles. The Kier molecular flexibility index (Phi) is 6.51. The van der Waals surface area contributed by atoms with Gasteiger partial charge in [0, 0.05) is 23.9 Å². The van der Waals surface area contributed by atoms with E-state index in [4.69, 9.17) is 10.9 Å². The number of unbranched alkanes of at least 4 members (excludes halogenated alkanes) is 1. The van der Waals surface area contributed by atoms with Gasteiger partial charge < -0.3 is 16.3 Å². The van der Waals surface area contributed by atoms with Crippen molar-refractivity contribution < 1.29 is 5.21 Å². The number of hydrogen-bond donors (Lipinski definition) is 3. The third-order valence-electron chi connectivity index (χ3n) is 3.54. The minimum absolute atomic E-state index is 0.241. The zero-order valence-electron chi connectivity index (χ0n) is 12.7. The molecule has 0 saturated carbocycles. The molecule has 0 spiro atoms. The summed E-state index contributed by atoms with van der Waals surface area (Å²) in [5.74, 6) is 0.303. The number of hydrogen-bond acceptors (Lipinski definition) is 4. The van der Waals surface area contributed by atoms with Crippen LogP contribution in [0.5, 0.6) is 0 Å². The van der Waals surface area contributed by atoms with E-state index in [2.05, 4.69) is 22.5 Å². The summed E-state index contributed by atoms with van der Waals surface area (Å²) in [7, 11) is 0. The molecule has 0 aliphatic heterocycles. The second-order valence-corrected chi connectivity index (χ2v) is 5.91. The average Bonchev–Trinajstić information content (AvgIpc) is 2.89. The van der Waals surface area contributed by atoms with Crippen LogP contribution in [-0.4, -0.2) is 33.4 Å². The van der Waals surface area contributed by atoms with E-state index in [1.54, 1.807) is 6.20 Å². The Morgan fingerprint density at radius 2 is 2.25 bits per heavy atom. The average molecular weight is 281 g/mol.